The molecule has 0 unspecified atom stereocenters. The molecule has 328 valence electrons. The summed E-state index contributed by atoms with van der Waals surface area (Å²) in [6.45, 7) is 17.1. The lowest BCUT2D eigenvalue weighted by Crippen LogP contribution is -2.65. The van der Waals surface area contributed by atoms with Crippen molar-refractivity contribution in [1.29, 1.82) is 0 Å². The first-order valence-corrected chi connectivity index (χ1v) is 21.4. The minimum atomic E-state index is -0.905. The van der Waals surface area contributed by atoms with Gasteiger partial charge in [-0.3, -0.25) is 15.1 Å². The standard InChI is InChI=1S/C46H53F2N7O7/c1-9-26-11-10-12-28-32(26)29(21-30(34(28)47)49-42(56)61-44(3,4)5)36-35(48)37-33-39(52-41(51-37)59-24-46(15-16-46)23-53-17-19-58-20-18-53)54-22-27-13-14-31(38(54)25(2)60-40(33)50-36)55(27)43(57)62-45(6,7)8/h1,10-12,21,25,27,31,38H,13-20,22-24H2,2-8H3,(H,49,56)/t25-,27+,31-,38+/m0/s1. The maximum atomic E-state index is 17.8. The third-order valence-corrected chi connectivity index (χ3v) is 12.3. The van der Waals surface area contributed by atoms with Crippen molar-refractivity contribution in [2.45, 2.75) is 110 Å². The van der Waals surface area contributed by atoms with Gasteiger partial charge in [0.25, 0.3) is 0 Å². The van der Waals surface area contributed by atoms with E-state index in [4.69, 9.17) is 45.1 Å². The number of ether oxygens (including phenoxy) is 5. The Labute approximate surface area is 359 Å². The van der Waals surface area contributed by atoms with Gasteiger partial charge in [-0.05, 0) is 86.3 Å². The van der Waals surface area contributed by atoms with Gasteiger partial charge in [0.2, 0.25) is 5.88 Å². The Morgan fingerprint density at radius 2 is 1.74 bits per heavy atom. The molecular weight excluding hydrogens is 801 g/mol. The predicted octanol–water partition coefficient (Wildman–Crippen LogP) is 7.68. The summed E-state index contributed by atoms with van der Waals surface area (Å²) in [5.74, 6) is 1.40. The SMILES string of the molecule is C#Cc1cccc2c(F)c(NC(=O)OC(C)(C)C)cc(-c3nc4c5c(nc(OCC6(CN7CCOCC7)CC6)nc5c3F)N3C[C@H]5CC[C@@H]([C@H]3[C@H](C)O4)N5C(=O)OC(C)(C)C)c12. The van der Waals surface area contributed by atoms with Gasteiger partial charge in [-0.15, -0.1) is 6.42 Å². The normalized spacial score (nSPS) is 23.0. The molecule has 4 atom stereocenters. The van der Waals surface area contributed by atoms with E-state index in [0.29, 0.717) is 38.6 Å². The number of nitrogens with one attached hydrogen (secondary N) is 1. The van der Waals surface area contributed by atoms with Crippen molar-refractivity contribution in [3.05, 3.63) is 41.5 Å². The number of fused-ring (bicyclic) bond motifs is 6. The van der Waals surface area contributed by atoms with E-state index in [0.717, 1.165) is 38.9 Å². The molecule has 4 fully saturated rings. The molecule has 1 saturated carbocycles. The first kappa shape index (κ1) is 41.8. The molecule has 4 aromatic rings. The molecule has 2 aromatic carbocycles. The number of carbonyl (C=O) groups is 2. The zero-order chi connectivity index (χ0) is 43.9. The summed E-state index contributed by atoms with van der Waals surface area (Å²) in [7, 11) is 0. The van der Waals surface area contributed by atoms with E-state index < -0.39 is 47.2 Å². The van der Waals surface area contributed by atoms with E-state index >= 15 is 8.78 Å². The molecule has 1 N–H and O–H groups in total. The van der Waals surface area contributed by atoms with Crippen molar-refractivity contribution in [2.75, 3.05) is 56.2 Å². The number of anilines is 2. The number of halogens is 2. The molecule has 0 radical (unpaired) electrons. The Kier molecular flexibility index (Phi) is 10.4. The first-order valence-electron chi connectivity index (χ1n) is 21.4. The summed E-state index contributed by atoms with van der Waals surface area (Å²) in [4.78, 5) is 47.7. The molecule has 16 heteroatoms. The number of terminal acetylenes is 1. The summed E-state index contributed by atoms with van der Waals surface area (Å²) in [5.41, 5.74) is -1.94. The van der Waals surface area contributed by atoms with Crippen LogP contribution < -0.4 is 19.7 Å². The summed E-state index contributed by atoms with van der Waals surface area (Å²) in [6.07, 6.45) is 7.43. The van der Waals surface area contributed by atoms with Crippen LogP contribution in [0.2, 0.25) is 0 Å². The van der Waals surface area contributed by atoms with Crippen molar-refractivity contribution < 1.29 is 42.1 Å². The zero-order valence-corrected chi connectivity index (χ0v) is 36.3. The first-order chi connectivity index (χ1) is 29.4. The Morgan fingerprint density at radius 1 is 1.00 bits per heavy atom. The third kappa shape index (κ3) is 7.78. The number of aromatic nitrogens is 3. The third-order valence-electron chi connectivity index (χ3n) is 12.3. The van der Waals surface area contributed by atoms with Crippen molar-refractivity contribution in [3.8, 4) is 35.5 Å². The molecule has 2 bridgehead atoms. The van der Waals surface area contributed by atoms with Gasteiger partial charge in [0.15, 0.2) is 11.6 Å². The van der Waals surface area contributed by atoms with Gasteiger partial charge < -0.3 is 28.6 Å². The molecule has 14 nitrogen and oxygen atoms in total. The van der Waals surface area contributed by atoms with Crippen LogP contribution in [0.5, 0.6) is 11.9 Å². The fourth-order valence-corrected chi connectivity index (χ4v) is 9.50. The van der Waals surface area contributed by atoms with Crippen LogP contribution >= 0.6 is 0 Å². The largest absolute Gasteiger partial charge is 0.472 e. The number of rotatable bonds is 7. The number of benzene rings is 2. The van der Waals surface area contributed by atoms with Crippen molar-refractivity contribution in [1.82, 2.24) is 24.8 Å². The number of nitrogens with zero attached hydrogens (tertiary/aromatic N) is 6. The molecule has 2 amide bonds. The minimum Gasteiger partial charge on any atom is -0.472 e. The zero-order valence-electron chi connectivity index (χ0n) is 36.3. The monoisotopic (exact) mass is 853 g/mol. The summed E-state index contributed by atoms with van der Waals surface area (Å²) in [6, 6.07) is 5.03. The van der Waals surface area contributed by atoms with Crippen molar-refractivity contribution >= 4 is 45.4 Å². The Bertz CT molecular complexity index is 2510. The fraction of sp³-hybridized carbons (Fsp3) is 0.543. The number of carbonyl (C=O) groups excluding carboxylic acids is 2. The van der Waals surface area contributed by atoms with E-state index in [9.17, 15) is 9.59 Å². The minimum absolute atomic E-state index is 0.0152. The lowest BCUT2D eigenvalue weighted by Gasteiger charge is -2.48. The van der Waals surface area contributed by atoms with Gasteiger partial charge in [-0.1, -0.05) is 18.1 Å². The molecule has 1 aliphatic carbocycles. The highest BCUT2D eigenvalue weighted by Gasteiger charge is 2.54. The lowest BCUT2D eigenvalue weighted by atomic mass is 9.95. The maximum Gasteiger partial charge on any atom is 0.412 e. The number of morpholine rings is 1. The molecule has 6 heterocycles. The Hall–Kier alpha value is -5.53. The second-order valence-corrected chi connectivity index (χ2v) is 19.2. The summed E-state index contributed by atoms with van der Waals surface area (Å²) >= 11 is 0. The van der Waals surface area contributed by atoms with Gasteiger partial charge in [0.1, 0.15) is 39.7 Å². The van der Waals surface area contributed by atoms with Gasteiger partial charge in [-0.2, -0.15) is 9.97 Å². The lowest BCUT2D eigenvalue weighted by molar-refractivity contribution is 0.000916. The molecule has 4 aliphatic heterocycles. The van der Waals surface area contributed by atoms with E-state index in [2.05, 4.69) is 21.0 Å². The fourth-order valence-electron chi connectivity index (χ4n) is 9.50. The van der Waals surface area contributed by atoms with E-state index in [1.807, 2.05) is 32.6 Å². The maximum absolute atomic E-state index is 17.8. The van der Waals surface area contributed by atoms with Crippen molar-refractivity contribution in [3.63, 3.8) is 0 Å². The predicted molar refractivity (Wildman–Crippen MR) is 229 cm³/mol. The number of hydrogen-bond acceptors (Lipinski definition) is 12. The van der Waals surface area contributed by atoms with Crippen LogP contribution in [-0.2, 0) is 14.2 Å². The van der Waals surface area contributed by atoms with Gasteiger partial charge >= 0.3 is 18.2 Å². The highest BCUT2D eigenvalue weighted by Crippen LogP contribution is 2.49. The number of piperazine rings is 1. The van der Waals surface area contributed by atoms with Crippen LogP contribution in [0.1, 0.15) is 79.7 Å². The van der Waals surface area contributed by atoms with Crippen LogP contribution in [0.4, 0.5) is 29.9 Å². The quantitative estimate of drug-likeness (QED) is 0.182. The van der Waals surface area contributed by atoms with Gasteiger partial charge in [-0.25, -0.2) is 23.4 Å². The van der Waals surface area contributed by atoms with Crippen molar-refractivity contribution in [2.24, 2.45) is 5.41 Å². The van der Waals surface area contributed by atoms with Crippen LogP contribution in [0.3, 0.4) is 0 Å². The number of pyridine rings is 1. The average Bonchev–Trinajstić information content (AvgIpc) is 3.92. The number of hydrogen-bond donors (Lipinski definition) is 1. The molecule has 5 aliphatic rings. The van der Waals surface area contributed by atoms with Crippen LogP contribution in [0.15, 0.2) is 24.3 Å². The molecule has 62 heavy (non-hydrogen) atoms. The Balaban J connectivity index is 1.20. The second kappa shape index (κ2) is 15.4. The Morgan fingerprint density at radius 3 is 2.44 bits per heavy atom. The number of amides is 2. The molecule has 9 rings (SSSR count). The van der Waals surface area contributed by atoms with E-state index in [1.165, 1.54) is 12.1 Å². The van der Waals surface area contributed by atoms with E-state index in [-0.39, 0.29) is 73.6 Å². The summed E-state index contributed by atoms with van der Waals surface area (Å²) < 4.78 is 64.4. The topological polar surface area (TPSA) is 141 Å². The molecule has 3 saturated heterocycles. The highest BCUT2D eigenvalue weighted by atomic mass is 19.1. The van der Waals surface area contributed by atoms with Crippen LogP contribution in [0.25, 0.3) is 32.9 Å². The summed E-state index contributed by atoms with van der Waals surface area (Å²) in [5, 5.41) is 2.98. The molecular formula is C46H53F2N7O7. The second-order valence-electron chi connectivity index (χ2n) is 19.2. The molecule has 2 aromatic heterocycles. The van der Waals surface area contributed by atoms with Crippen LogP contribution in [0, 0.1) is 29.4 Å². The van der Waals surface area contributed by atoms with Gasteiger partial charge in [0, 0.05) is 53.5 Å². The highest BCUT2D eigenvalue weighted by molar-refractivity contribution is 6.06. The van der Waals surface area contributed by atoms with E-state index in [1.54, 1.807) is 32.9 Å². The van der Waals surface area contributed by atoms with Crippen LogP contribution in [-0.4, -0.2) is 118 Å². The molecule has 0 spiro atoms. The average molecular weight is 854 g/mol. The van der Waals surface area contributed by atoms with Gasteiger partial charge in [0.05, 0.1) is 43.6 Å². The smallest absolute Gasteiger partial charge is 0.412 e.